The highest BCUT2D eigenvalue weighted by molar-refractivity contribution is 5.78. The number of anilines is 2. The number of nitrogens with zero attached hydrogens (tertiary/aromatic N) is 4. The molecule has 0 saturated carbocycles. The number of carbonyl (C=O) groups excluding carboxylic acids is 1. The van der Waals surface area contributed by atoms with Gasteiger partial charge < -0.3 is 20.2 Å². The monoisotopic (exact) mass is 495 g/mol. The lowest BCUT2D eigenvalue weighted by Crippen LogP contribution is -2.39. The van der Waals surface area contributed by atoms with E-state index in [1.165, 1.54) is 6.07 Å². The second-order valence-corrected chi connectivity index (χ2v) is 8.38. The number of carbonyl (C=O) groups is 1. The summed E-state index contributed by atoms with van der Waals surface area (Å²) in [6.07, 6.45) is -3.86. The van der Waals surface area contributed by atoms with Crippen molar-refractivity contribution in [3.8, 4) is 23.2 Å². The Morgan fingerprint density at radius 2 is 1.97 bits per heavy atom. The third-order valence-electron chi connectivity index (χ3n) is 4.49. The average molecular weight is 496 g/mol. The van der Waals surface area contributed by atoms with Gasteiger partial charge >= 0.3 is 12.3 Å². The third-order valence-corrected chi connectivity index (χ3v) is 4.49. The van der Waals surface area contributed by atoms with E-state index in [-0.39, 0.29) is 29.2 Å². The summed E-state index contributed by atoms with van der Waals surface area (Å²) in [6, 6.07) is 4.10. The Hall–Kier alpha value is -3.79. The SMILES string of the molecule is CCCN(COc1ncc(-c2cc(NC)c(NN)c(C#N)n2)cc1C(F)(F)F)C(=O)OC(C)(C)C. The van der Waals surface area contributed by atoms with Crippen molar-refractivity contribution >= 4 is 17.5 Å². The van der Waals surface area contributed by atoms with Gasteiger partial charge in [-0.05, 0) is 39.3 Å². The zero-order valence-corrected chi connectivity index (χ0v) is 20.1. The maximum Gasteiger partial charge on any atom is 0.421 e. The Bertz CT molecular complexity index is 1100. The predicted molar refractivity (Wildman–Crippen MR) is 123 cm³/mol. The van der Waals surface area contributed by atoms with Crippen LogP contribution in [0.5, 0.6) is 5.88 Å². The van der Waals surface area contributed by atoms with Crippen LogP contribution < -0.4 is 21.3 Å². The molecule has 0 fully saturated rings. The summed E-state index contributed by atoms with van der Waals surface area (Å²) in [5.74, 6) is 4.72. The maximum atomic E-state index is 13.9. The van der Waals surface area contributed by atoms with Crippen LogP contribution in [0.3, 0.4) is 0 Å². The molecule has 0 aromatic carbocycles. The summed E-state index contributed by atoms with van der Waals surface area (Å²) in [6.45, 7) is 6.57. The Morgan fingerprint density at radius 1 is 1.29 bits per heavy atom. The van der Waals surface area contributed by atoms with E-state index in [0.29, 0.717) is 12.1 Å². The molecule has 0 saturated heterocycles. The number of hydrazine groups is 1. The minimum Gasteiger partial charge on any atom is -0.456 e. The molecule has 2 aromatic heterocycles. The second kappa shape index (κ2) is 11.1. The molecule has 0 radical (unpaired) electrons. The number of hydrogen-bond donors (Lipinski definition) is 3. The van der Waals surface area contributed by atoms with E-state index >= 15 is 0 Å². The van der Waals surface area contributed by atoms with Crippen molar-refractivity contribution in [1.82, 2.24) is 14.9 Å². The Labute approximate surface area is 201 Å². The van der Waals surface area contributed by atoms with Gasteiger partial charge in [-0.1, -0.05) is 6.92 Å². The van der Waals surface area contributed by atoms with Gasteiger partial charge in [0.2, 0.25) is 5.88 Å². The van der Waals surface area contributed by atoms with Crippen molar-refractivity contribution in [2.45, 2.75) is 45.9 Å². The number of rotatable bonds is 8. The largest absolute Gasteiger partial charge is 0.456 e. The smallest absolute Gasteiger partial charge is 0.421 e. The predicted octanol–water partition coefficient (Wildman–Crippen LogP) is 4.34. The van der Waals surface area contributed by atoms with Gasteiger partial charge in [0, 0.05) is 25.4 Å². The molecule has 0 spiro atoms. The molecule has 2 heterocycles. The fourth-order valence-corrected chi connectivity index (χ4v) is 2.97. The maximum absolute atomic E-state index is 13.9. The fourth-order valence-electron chi connectivity index (χ4n) is 2.97. The highest BCUT2D eigenvalue weighted by Crippen LogP contribution is 2.38. The number of ether oxygens (including phenoxy) is 2. The third kappa shape index (κ3) is 7.10. The van der Waals surface area contributed by atoms with E-state index in [4.69, 9.17) is 15.3 Å². The van der Waals surface area contributed by atoms with E-state index in [2.05, 4.69) is 20.7 Å². The molecule has 0 aliphatic rings. The number of hydrogen-bond acceptors (Lipinski definition) is 9. The summed E-state index contributed by atoms with van der Waals surface area (Å²) in [5, 5.41) is 12.2. The Kier molecular flexibility index (Phi) is 8.70. The standard InChI is InChI=1S/C22H28F3N7O3/c1-6-7-32(20(33)35-21(2,3)4)12-34-19-14(22(23,24)25)8-13(11-29-19)15-9-16(28-5)18(31-27)17(10-26)30-15/h8-9,11,31H,6-7,12,27H2,1-5H3,(H,28,30). The van der Waals surface area contributed by atoms with Crippen molar-refractivity contribution < 1.29 is 27.4 Å². The number of nitrogen functional groups attached to an aromatic ring is 1. The molecular formula is C22H28F3N7O3. The quantitative estimate of drug-likeness (QED) is 0.277. The molecule has 0 aliphatic heterocycles. The fraction of sp³-hybridized carbons (Fsp3) is 0.455. The number of amides is 1. The van der Waals surface area contributed by atoms with E-state index in [0.717, 1.165) is 17.2 Å². The van der Waals surface area contributed by atoms with Gasteiger partial charge in [0.25, 0.3) is 0 Å². The lowest BCUT2D eigenvalue weighted by Gasteiger charge is -2.27. The summed E-state index contributed by atoms with van der Waals surface area (Å²) in [7, 11) is 1.56. The number of pyridine rings is 2. The van der Waals surface area contributed by atoms with Crippen molar-refractivity contribution in [3.63, 3.8) is 0 Å². The molecule has 0 bridgehead atoms. The molecule has 10 nitrogen and oxygen atoms in total. The van der Waals surface area contributed by atoms with Gasteiger partial charge in [0.1, 0.15) is 22.9 Å². The van der Waals surface area contributed by atoms with Crippen LogP contribution in [-0.4, -0.2) is 46.9 Å². The molecule has 1 amide bonds. The van der Waals surface area contributed by atoms with Crippen molar-refractivity contribution in [1.29, 1.82) is 5.26 Å². The lowest BCUT2D eigenvalue weighted by molar-refractivity contribution is -0.139. The zero-order valence-electron chi connectivity index (χ0n) is 20.1. The van der Waals surface area contributed by atoms with E-state index < -0.39 is 36.0 Å². The van der Waals surface area contributed by atoms with Gasteiger partial charge in [0.05, 0.1) is 11.4 Å². The molecule has 2 rings (SSSR count). The number of aromatic nitrogens is 2. The molecule has 190 valence electrons. The van der Waals surface area contributed by atoms with Gasteiger partial charge in [-0.2, -0.15) is 18.4 Å². The van der Waals surface area contributed by atoms with Gasteiger partial charge in [0.15, 0.2) is 12.4 Å². The first-order valence-electron chi connectivity index (χ1n) is 10.6. The van der Waals surface area contributed by atoms with Crippen LogP contribution >= 0.6 is 0 Å². The molecule has 4 N–H and O–H groups in total. The van der Waals surface area contributed by atoms with E-state index in [9.17, 15) is 23.2 Å². The van der Waals surface area contributed by atoms with Gasteiger partial charge in [-0.3, -0.25) is 10.7 Å². The number of nitrogens with one attached hydrogen (secondary N) is 2. The molecule has 13 heteroatoms. The first kappa shape index (κ1) is 27.5. The number of nitriles is 1. The van der Waals surface area contributed by atoms with Crippen LogP contribution in [0.4, 0.5) is 29.3 Å². The average Bonchev–Trinajstić information content (AvgIpc) is 2.78. The highest BCUT2D eigenvalue weighted by Gasteiger charge is 2.36. The first-order chi connectivity index (χ1) is 16.3. The van der Waals surface area contributed by atoms with Crippen LogP contribution in [0.15, 0.2) is 18.3 Å². The summed E-state index contributed by atoms with van der Waals surface area (Å²) < 4.78 is 52.2. The minimum absolute atomic E-state index is 0.00111. The molecule has 35 heavy (non-hydrogen) atoms. The molecule has 0 unspecified atom stereocenters. The van der Waals surface area contributed by atoms with E-state index in [1.807, 2.05) is 6.07 Å². The highest BCUT2D eigenvalue weighted by atomic mass is 19.4. The van der Waals surface area contributed by atoms with Crippen LogP contribution in [-0.2, 0) is 10.9 Å². The topological polar surface area (TPSA) is 138 Å². The van der Waals surface area contributed by atoms with Crippen LogP contribution in [0, 0.1) is 11.3 Å². The normalized spacial score (nSPS) is 11.4. The number of halogens is 3. The Balaban J connectivity index is 2.43. The molecule has 2 aromatic rings. The van der Waals surface area contributed by atoms with Crippen molar-refractivity contribution in [2.75, 3.05) is 31.1 Å². The molecule has 0 aliphatic carbocycles. The lowest BCUT2D eigenvalue weighted by atomic mass is 10.1. The minimum atomic E-state index is -4.82. The zero-order chi connectivity index (χ0) is 26.4. The molecule has 0 atom stereocenters. The summed E-state index contributed by atoms with van der Waals surface area (Å²) in [4.78, 5) is 21.5. The van der Waals surface area contributed by atoms with Gasteiger partial charge in [-0.15, -0.1) is 0 Å². The van der Waals surface area contributed by atoms with Crippen LogP contribution in [0.2, 0.25) is 0 Å². The molecular weight excluding hydrogens is 467 g/mol. The number of nitrogens with two attached hydrogens (primary N) is 1. The van der Waals surface area contributed by atoms with Crippen molar-refractivity contribution in [3.05, 3.63) is 29.6 Å². The van der Waals surface area contributed by atoms with Crippen LogP contribution in [0.25, 0.3) is 11.3 Å². The van der Waals surface area contributed by atoms with E-state index in [1.54, 1.807) is 34.7 Å². The van der Waals surface area contributed by atoms with Crippen LogP contribution in [0.1, 0.15) is 45.4 Å². The second-order valence-electron chi connectivity index (χ2n) is 8.38. The Morgan fingerprint density at radius 3 is 2.49 bits per heavy atom. The number of alkyl halides is 3. The van der Waals surface area contributed by atoms with Gasteiger partial charge in [-0.25, -0.2) is 14.8 Å². The first-order valence-corrected chi connectivity index (χ1v) is 10.6. The summed E-state index contributed by atoms with van der Waals surface area (Å²) >= 11 is 0. The summed E-state index contributed by atoms with van der Waals surface area (Å²) in [5.41, 5.74) is 0.901. The van der Waals surface area contributed by atoms with Crippen molar-refractivity contribution in [2.24, 2.45) is 5.84 Å².